The fraction of sp³-hybridized carbons (Fsp3) is 0.286. The summed E-state index contributed by atoms with van der Waals surface area (Å²) in [5.74, 6) is 0.847. The van der Waals surface area contributed by atoms with Crippen molar-refractivity contribution in [3.05, 3.63) is 72.8 Å². The van der Waals surface area contributed by atoms with Gasteiger partial charge < -0.3 is 14.5 Å². The standard InChI is InChI=1S/C28H27N5O3/c1-36-25-15-21(5-6-22(25)20-16-30-31-17-20)33-14-10-28(27(33)35)8-12-32(13-9-28)26(34)23-4-2-3-19-7-11-29-18-24(19)23/h2-7,11,15-18H,8-10,12-14H2,1H3,(H,30,31). The molecule has 0 atom stereocenters. The maximum atomic E-state index is 13.7. The van der Waals surface area contributed by atoms with Crippen molar-refractivity contribution in [3.63, 3.8) is 0 Å². The molecule has 2 saturated heterocycles. The topological polar surface area (TPSA) is 91.4 Å². The summed E-state index contributed by atoms with van der Waals surface area (Å²) in [7, 11) is 1.63. The Labute approximate surface area is 208 Å². The zero-order valence-corrected chi connectivity index (χ0v) is 20.1. The van der Waals surface area contributed by atoms with E-state index in [0.29, 0.717) is 43.8 Å². The molecule has 182 valence electrons. The molecule has 2 amide bonds. The summed E-state index contributed by atoms with van der Waals surface area (Å²) in [6.07, 6.45) is 9.17. The number of amides is 2. The number of aromatic nitrogens is 3. The fourth-order valence-corrected chi connectivity index (χ4v) is 5.62. The quantitative estimate of drug-likeness (QED) is 0.470. The molecule has 0 bridgehead atoms. The van der Waals surface area contributed by atoms with Gasteiger partial charge in [0.05, 0.1) is 18.7 Å². The van der Waals surface area contributed by atoms with Crippen LogP contribution in [0, 0.1) is 5.41 Å². The Morgan fingerprint density at radius 2 is 1.89 bits per heavy atom. The Kier molecular flexibility index (Phi) is 5.44. The van der Waals surface area contributed by atoms with Crippen LogP contribution < -0.4 is 9.64 Å². The summed E-state index contributed by atoms with van der Waals surface area (Å²) in [5, 5.41) is 8.71. The lowest BCUT2D eigenvalue weighted by Gasteiger charge is -2.38. The molecule has 4 aromatic rings. The van der Waals surface area contributed by atoms with E-state index in [1.54, 1.807) is 25.7 Å². The van der Waals surface area contributed by atoms with Crippen LogP contribution in [-0.2, 0) is 4.79 Å². The van der Waals surface area contributed by atoms with Gasteiger partial charge in [-0.3, -0.25) is 19.7 Å². The highest BCUT2D eigenvalue weighted by atomic mass is 16.5. The Balaban J connectivity index is 1.18. The number of methoxy groups -OCH3 is 1. The molecule has 2 fully saturated rings. The highest BCUT2D eigenvalue weighted by Crippen LogP contribution is 2.44. The average Bonchev–Trinajstić information content (AvgIpc) is 3.57. The van der Waals surface area contributed by atoms with E-state index in [1.807, 2.05) is 58.5 Å². The summed E-state index contributed by atoms with van der Waals surface area (Å²) in [4.78, 5) is 35.0. The third-order valence-corrected chi connectivity index (χ3v) is 7.74. The minimum absolute atomic E-state index is 0.00493. The maximum absolute atomic E-state index is 13.7. The van der Waals surface area contributed by atoms with Gasteiger partial charge in [-0.15, -0.1) is 0 Å². The molecule has 0 saturated carbocycles. The van der Waals surface area contributed by atoms with Crippen LogP contribution in [0.4, 0.5) is 5.69 Å². The summed E-state index contributed by atoms with van der Waals surface area (Å²) in [6, 6.07) is 13.5. The van der Waals surface area contributed by atoms with Crippen LogP contribution in [0.15, 0.2) is 67.3 Å². The van der Waals surface area contributed by atoms with E-state index in [0.717, 1.165) is 34.0 Å². The minimum atomic E-state index is -0.423. The number of likely N-dealkylation sites (tertiary alicyclic amines) is 1. The largest absolute Gasteiger partial charge is 0.496 e. The van der Waals surface area contributed by atoms with Gasteiger partial charge in [0.25, 0.3) is 5.91 Å². The summed E-state index contributed by atoms with van der Waals surface area (Å²) < 4.78 is 5.63. The highest BCUT2D eigenvalue weighted by Gasteiger charge is 2.49. The molecular formula is C28H27N5O3. The minimum Gasteiger partial charge on any atom is -0.496 e. The molecule has 2 aliphatic heterocycles. The third-order valence-electron chi connectivity index (χ3n) is 7.74. The Morgan fingerprint density at radius 3 is 2.67 bits per heavy atom. The normalized spacial score (nSPS) is 17.2. The van der Waals surface area contributed by atoms with Crippen LogP contribution in [0.2, 0.25) is 0 Å². The first kappa shape index (κ1) is 22.3. The Morgan fingerprint density at radius 1 is 1.06 bits per heavy atom. The van der Waals surface area contributed by atoms with Crippen LogP contribution in [0.3, 0.4) is 0 Å². The van der Waals surface area contributed by atoms with Gasteiger partial charge in [0.1, 0.15) is 5.75 Å². The van der Waals surface area contributed by atoms with Gasteiger partial charge in [-0.05, 0) is 48.9 Å². The summed E-state index contributed by atoms with van der Waals surface area (Å²) >= 11 is 0. The van der Waals surface area contributed by atoms with Gasteiger partial charge in [-0.1, -0.05) is 12.1 Å². The molecule has 0 radical (unpaired) electrons. The predicted octanol–water partition coefficient (Wildman–Crippen LogP) is 4.29. The number of rotatable bonds is 4. The molecule has 1 spiro atoms. The van der Waals surface area contributed by atoms with E-state index in [4.69, 9.17) is 4.74 Å². The summed E-state index contributed by atoms with van der Waals surface area (Å²) in [6.45, 7) is 1.80. The van der Waals surface area contributed by atoms with E-state index in [2.05, 4.69) is 15.2 Å². The van der Waals surface area contributed by atoms with E-state index in [1.165, 1.54) is 0 Å². The van der Waals surface area contributed by atoms with Crippen molar-refractivity contribution in [2.75, 3.05) is 31.6 Å². The monoisotopic (exact) mass is 481 g/mol. The second-order valence-corrected chi connectivity index (χ2v) is 9.55. The lowest BCUT2D eigenvalue weighted by molar-refractivity contribution is -0.127. The highest BCUT2D eigenvalue weighted by molar-refractivity contribution is 6.07. The van der Waals surface area contributed by atoms with E-state index in [-0.39, 0.29) is 11.8 Å². The van der Waals surface area contributed by atoms with Gasteiger partial charge in [-0.2, -0.15) is 5.10 Å². The molecule has 4 heterocycles. The molecule has 8 heteroatoms. The molecule has 2 aliphatic rings. The van der Waals surface area contributed by atoms with Crippen LogP contribution in [0.5, 0.6) is 5.75 Å². The van der Waals surface area contributed by atoms with Crippen LogP contribution in [-0.4, -0.2) is 58.6 Å². The number of hydrogen-bond acceptors (Lipinski definition) is 5. The Bertz CT molecular complexity index is 1440. The van der Waals surface area contributed by atoms with E-state index < -0.39 is 5.41 Å². The van der Waals surface area contributed by atoms with Crippen molar-refractivity contribution < 1.29 is 14.3 Å². The molecule has 6 rings (SSSR count). The maximum Gasteiger partial charge on any atom is 0.254 e. The number of aromatic amines is 1. The zero-order chi connectivity index (χ0) is 24.7. The number of H-pyrrole nitrogens is 1. The van der Waals surface area contributed by atoms with Crippen LogP contribution in [0.1, 0.15) is 29.6 Å². The number of piperidine rings is 1. The number of pyridine rings is 1. The average molecular weight is 482 g/mol. The molecule has 0 aliphatic carbocycles. The number of benzene rings is 2. The predicted molar refractivity (Wildman–Crippen MR) is 137 cm³/mol. The number of carbonyl (C=O) groups is 2. The van der Waals surface area contributed by atoms with Crippen molar-refractivity contribution in [2.24, 2.45) is 5.41 Å². The number of nitrogens with one attached hydrogen (secondary N) is 1. The molecular weight excluding hydrogens is 454 g/mol. The number of anilines is 1. The first-order chi connectivity index (χ1) is 17.6. The van der Waals surface area contributed by atoms with Crippen LogP contribution >= 0.6 is 0 Å². The van der Waals surface area contributed by atoms with Gasteiger partial charge >= 0.3 is 0 Å². The smallest absolute Gasteiger partial charge is 0.254 e. The molecule has 1 N–H and O–H groups in total. The number of carbonyl (C=O) groups excluding carboxylic acids is 2. The lowest BCUT2D eigenvalue weighted by atomic mass is 9.77. The fourth-order valence-electron chi connectivity index (χ4n) is 5.62. The van der Waals surface area contributed by atoms with Gasteiger partial charge in [0.15, 0.2) is 0 Å². The van der Waals surface area contributed by atoms with E-state index >= 15 is 0 Å². The molecule has 0 unspecified atom stereocenters. The van der Waals surface area contributed by atoms with Crippen molar-refractivity contribution in [1.29, 1.82) is 0 Å². The molecule has 8 nitrogen and oxygen atoms in total. The molecule has 2 aromatic carbocycles. The second-order valence-electron chi connectivity index (χ2n) is 9.55. The van der Waals surface area contributed by atoms with Gasteiger partial charge in [0, 0.05) is 72.1 Å². The first-order valence-electron chi connectivity index (χ1n) is 12.2. The molecule has 2 aromatic heterocycles. The zero-order valence-electron chi connectivity index (χ0n) is 20.1. The molecule has 36 heavy (non-hydrogen) atoms. The number of nitrogens with zero attached hydrogens (tertiary/aromatic N) is 4. The number of ether oxygens (including phenoxy) is 1. The third kappa shape index (κ3) is 3.61. The SMILES string of the molecule is COc1cc(N2CCC3(CCN(C(=O)c4cccc5ccncc45)CC3)C2=O)ccc1-c1cn[nH]c1. The number of hydrogen-bond donors (Lipinski definition) is 1. The summed E-state index contributed by atoms with van der Waals surface area (Å²) in [5.41, 5.74) is 2.94. The van der Waals surface area contributed by atoms with Crippen LogP contribution in [0.25, 0.3) is 21.9 Å². The van der Waals surface area contributed by atoms with Gasteiger partial charge in [-0.25, -0.2) is 0 Å². The van der Waals surface area contributed by atoms with Gasteiger partial charge in [0.2, 0.25) is 5.91 Å². The van der Waals surface area contributed by atoms with Crippen molar-refractivity contribution in [2.45, 2.75) is 19.3 Å². The Hall–Kier alpha value is -4.20. The second kappa shape index (κ2) is 8.78. The van der Waals surface area contributed by atoms with Crippen molar-refractivity contribution >= 4 is 28.3 Å². The first-order valence-corrected chi connectivity index (χ1v) is 12.2. The van der Waals surface area contributed by atoms with Crippen molar-refractivity contribution in [1.82, 2.24) is 20.1 Å². The number of fused-ring (bicyclic) bond motifs is 1. The lowest BCUT2D eigenvalue weighted by Crippen LogP contribution is -2.46. The van der Waals surface area contributed by atoms with Crippen molar-refractivity contribution in [3.8, 4) is 16.9 Å². The van der Waals surface area contributed by atoms with E-state index in [9.17, 15) is 9.59 Å².